The van der Waals surface area contributed by atoms with Crippen LogP contribution in [-0.2, 0) is 13.0 Å². The lowest BCUT2D eigenvalue weighted by atomic mass is 10.2. The van der Waals surface area contributed by atoms with Gasteiger partial charge in [-0.15, -0.1) is 0 Å². The molecule has 1 aromatic carbocycles. The van der Waals surface area contributed by atoms with Gasteiger partial charge in [0.2, 0.25) is 0 Å². The Morgan fingerprint density at radius 1 is 1.42 bits per heavy atom. The first kappa shape index (κ1) is 17.0. The van der Waals surface area contributed by atoms with E-state index in [1.54, 1.807) is 6.08 Å². The van der Waals surface area contributed by atoms with Crippen molar-refractivity contribution in [2.75, 3.05) is 5.73 Å². The third kappa shape index (κ3) is 3.06. The second-order valence-electron chi connectivity index (χ2n) is 5.87. The van der Waals surface area contributed by atoms with Crippen LogP contribution in [0.1, 0.15) is 31.7 Å². The number of aromatic amines is 1. The average Bonchev–Trinajstić information content (AvgIpc) is 3.08. The first-order valence-corrected chi connectivity index (χ1v) is 8.77. The van der Waals surface area contributed by atoms with E-state index < -0.39 is 0 Å². The van der Waals surface area contributed by atoms with Gasteiger partial charge in [0.15, 0.2) is 5.65 Å². The van der Waals surface area contributed by atoms with E-state index in [9.17, 15) is 5.11 Å². The van der Waals surface area contributed by atoms with Crippen LogP contribution in [0.2, 0.25) is 0 Å². The van der Waals surface area contributed by atoms with Crippen molar-refractivity contribution in [3.05, 3.63) is 28.4 Å². The molecular weight excluding hydrogens is 347 g/mol. The number of halogens is 2. The number of nitrogens with two attached hydrogens (primary N) is 1. The third-order valence-electron chi connectivity index (χ3n) is 4.22. The number of aromatic nitrogens is 3. The Balaban J connectivity index is 2.08. The average molecular weight is 367 g/mol. The van der Waals surface area contributed by atoms with Gasteiger partial charge in [-0.25, -0.2) is 4.98 Å². The number of hydrogen-bond acceptors (Lipinski definition) is 3. The van der Waals surface area contributed by atoms with E-state index in [0.717, 1.165) is 36.8 Å². The summed E-state index contributed by atoms with van der Waals surface area (Å²) in [7, 11) is 0. The smallest absolute Gasteiger partial charge is 0.158 e. The Morgan fingerprint density at radius 2 is 2.21 bits per heavy atom. The maximum atomic E-state index is 10.5. The normalized spacial score (nSPS) is 11.5. The molecule has 0 aliphatic heterocycles. The number of pyridine rings is 1. The van der Waals surface area contributed by atoms with Gasteiger partial charge < -0.3 is 15.9 Å². The summed E-state index contributed by atoms with van der Waals surface area (Å²) >= 11 is 11.3. The van der Waals surface area contributed by atoms with Crippen LogP contribution >= 0.6 is 23.2 Å². The van der Waals surface area contributed by atoms with Gasteiger partial charge in [0.25, 0.3) is 0 Å². The molecule has 2 aromatic heterocycles. The number of aromatic hydroxyl groups is 1. The van der Waals surface area contributed by atoms with Gasteiger partial charge in [0.05, 0.1) is 22.0 Å². The molecule has 7 heteroatoms. The molecule has 4 N–H and O–H groups in total. The summed E-state index contributed by atoms with van der Waals surface area (Å²) in [6.45, 7) is 3.03. The Kier molecular flexibility index (Phi) is 4.92. The van der Waals surface area contributed by atoms with Gasteiger partial charge in [-0.3, -0.25) is 4.68 Å². The lowest BCUT2D eigenvalue weighted by Gasteiger charge is -2.05. The Hall–Kier alpha value is -1.85. The summed E-state index contributed by atoms with van der Waals surface area (Å²) in [5, 5.41) is 15.1. The number of rotatable bonds is 6. The first-order chi connectivity index (χ1) is 11.5. The molecule has 0 radical (unpaired) electrons. The Morgan fingerprint density at radius 3 is 2.92 bits per heavy atom. The van der Waals surface area contributed by atoms with Crippen LogP contribution in [0.15, 0.2) is 22.8 Å². The van der Waals surface area contributed by atoms with Crippen LogP contribution in [0.4, 0.5) is 5.69 Å². The van der Waals surface area contributed by atoms with Crippen molar-refractivity contribution in [3.63, 3.8) is 0 Å². The van der Waals surface area contributed by atoms with Gasteiger partial charge in [-0.2, -0.15) is 0 Å². The summed E-state index contributed by atoms with van der Waals surface area (Å²) in [6.07, 6.45) is 7.30. The SMILES string of the molecule is CCCCCn1[nH]cc2c(N)c3c(O)c(CC=C(Cl)Cl)cc3nc21. The van der Waals surface area contributed by atoms with Crippen LogP contribution < -0.4 is 5.73 Å². The van der Waals surface area contributed by atoms with Crippen molar-refractivity contribution in [2.24, 2.45) is 0 Å². The zero-order chi connectivity index (χ0) is 17.3. The van der Waals surface area contributed by atoms with Crippen molar-refractivity contribution in [3.8, 4) is 5.75 Å². The monoisotopic (exact) mass is 366 g/mol. The molecule has 0 saturated carbocycles. The van der Waals surface area contributed by atoms with E-state index in [4.69, 9.17) is 33.9 Å². The first-order valence-electron chi connectivity index (χ1n) is 8.01. The number of H-pyrrole nitrogens is 1. The number of unbranched alkanes of at least 4 members (excludes halogenated alkanes) is 2. The van der Waals surface area contributed by atoms with Crippen molar-refractivity contribution in [1.82, 2.24) is 14.8 Å². The third-order valence-corrected chi connectivity index (χ3v) is 4.53. The molecule has 3 aromatic rings. The highest BCUT2D eigenvalue weighted by Gasteiger charge is 2.17. The van der Waals surface area contributed by atoms with Gasteiger partial charge in [0, 0.05) is 18.3 Å². The van der Waals surface area contributed by atoms with E-state index in [1.165, 1.54) is 0 Å². The van der Waals surface area contributed by atoms with Crippen molar-refractivity contribution >= 4 is 50.8 Å². The molecule has 0 amide bonds. The predicted octanol–water partition coefficient (Wildman–Crippen LogP) is 4.86. The van der Waals surface area contributed by atoms with Crippen LogP contribution in [0, 0.1) is 0 Å². The molecule has 5 nitrogen and oxygen atoms in total. The van der Waals surface area contributed by atoms with Crippen molar-refractivity contribution in [2.45, 2.75) is 39.2 Å². The number of nitrogens with one attached hydrogen (secondary N) is 1. The minimum Gasteiger partial charge on any atom is -0.507 e. The number of nitrogen functional groups attached to an aromatic ring is 1. The van der Waals surface area contributed by atoms with Crippen LogP contribution in [-0.4, -0.2) is 19.9 Å². The molecule has 0 bridgehead atoms. The standard InChI is InChI=1S/C17H20Cl2N4O/c1-2-3-4-7-23-17-11(9-21-23)15(20)14-12(22-17)8-10(16(14)24)5-6-13(18)19/h6,8-9,21,24H,2-5,7,20H2,1H3. The van der Waals surface area contributed by atoms with E-state index in [2.05, 4.69) is 12.0 Å². The number of hydrogen-bond donors (Lipinski definition) is 3. The largest absolute Gasteiger partial charge is 0.507 e. The maximum Gasteiger partial charge on any atom is 0.158 e. The number of nitrogens with zero attached hydrogens (tertiary/aromatic N) is 2. The highest BCUT2D eigenvalue weighted by molar-refractivity contribution is 6.55. The molecule has 0 aliphatic carbocycles. The quantitative estimate of drug-likeness (QED) is 0.545. The number of aryl methyl sites for hydroxylation is 1. The number of allylic oxidation sites excluding steroid dienone is 1. The molecule has 0 saturated heterocycles. The van der Waals surface area contributed by atoms with E-state index in [1.807, 2.05) is 16.9 Å². The second kappa shape index (κ2) is 6.95. The number of fused-ring (bicyclic) bond motifs is 2. The summed E-state index contributed by atoms with van der Waals surface area (Å²) < 4.78 is 2.17. The van der Waals surface area contributed by atoms with Crippen molar-refractivity contribution < 1.29 is 5.11 Å². The minimum atomic E-state index is 0.140. The maximum absolute atomic E-state index is 10.5. The lowest BCUT2D eigenvalue weighted by molar-refractivity contribution is 0.478. The van der Waals surface area contributed by atoms with Gasteiger partial charge >= 0.3 is 0 Å². The molecule has 3 rings (SSSR count). The highest BCUT2D eigenvalue weighted by atomic mass is 35.5. The van der Waals surface area contributed by atoms with Crippen molar-refractivity contribution in [1.29, 1.82) is 0 Å². The van der Waals surface area contributed by atoms with Gasteiger partial charge in [-0.05, 0) is 25.0 Å². The second-order valence-corrected chi connectivity index (χ2v) is 6.88. The summed E-state index contributed by atoms with van der Waals surface area (Å²) in [5.74, 6) is 0.140. The summed E-state index contributed by atoms with van der Waals surface area (Å²) in [4.78, 5) is 4.69. The van der Waals surface area contributed by atoms with E-state index >= 15 is 0 Å². The predicted molar refractivity (Wildman–Crippen MR) is 101 cm³/mol. The zero-order valence-electron chi connectivity index (χ0n) is 13.4. The topological polar surface area (TPSA) is 79.9 Å². The van der Waals surface area contributed by atoms with Crippen LogP contribution in [0.3, 0.4) is 0 Å². The zero-order valence-corrected chi connectivity index (χ0v) is 15.0. The fourth-order valence-corrected chi connectivity index (χ4v) is 3.11. The minimum absolute atomic E-state index is 0.140. The molecule has 0 spiro atoms. The van der Waals surface area contributed by atoms with Gasteiger partial charge in [0.1, 0.15) is 10.2 Å². The highest BCUT2D eigenvalue weighted by Crippen LogP contribution is 2.39. The fraction of sp³-hybridized carbons (Fsp3) is 0.353. The molecule has 128 valence electrons. The lowest BCUT2D eigenvalue weighted by Crippen LogP contribution is -2.01. The van der Waals surface area contributed by atoms with Gasteiger partial charge in [-0.1, -0.05) is 43.0 Å². The van der Waals surface area contributed by atoms with E-state index in [-0.39, 0.29) is 10.2 Å². The summed E-state index contributed by atoms with van der Waals surface area (Å²) in [6, 6.07) is 1.83. The Labute approximate surface area is 150 Å². The molecule has 0 atom stereocenters. The molecule has 0 fully saturated rings. The molecule has 0 unspecified atom stereocenters. The fourth-order valence-electron chi connectivity index (χ4n) is 2.96. The van der Waals surface area contributed by atoms with Crippen LogP contribution in [0.25, 0.3) is 21.9 Å². The Bertz CT molecular complexity index is 906. The molecular formula is C17H20Cl2N4O. The molecule has 0 aliphatic rings. The molecule has 24 heavy (non-hydrogen) atoms. The summed E-state index contributed by atoms with van der Waals surface area (Å²) in [5.41, 5.74) is 9.01. The number of anilines is 1. The van der Waals surface area contributed by atoms with Crippen LogP contribution in [0.5, 0.6) is 5.75 Å². The molecule has 2 heterocycles. The van der Waals surface area contributed by atoms with E-state index in [0.29, 0.717) is 28.6 Å².